The summed E-state index contributed by atoms with van der Waals surface area (Å²) in [5.74, 6) is 1.05. The first-order chi connectivity index (χ1) is 14.6. The number of ether oxygens (including phenoxy) is 1. The Kier molecular flexibility index (Phi) is 7.04. The number of rotatable bonds is 5. The van der Waals surface area contributed by atoms with Crippen LogP contribution >= 0.6 is 0 Å². The van der Waals surface area contributed by atoms with Crippen LogP contribution in [0.5, 0.6) is 5.75 Å². The number of carbonyl (C=O) groups excluding carboxylic acids is 2. The minimum atomic E-state index is 0.0241. The zero-order chi connectivity index (χ0) is 22.6. The first-order valence-electron chi connectivity index (χ1n) is 11.0. The third-order valence-electron chi connectivity index (χ3n) is 5.90. The molecule has 1 fully saturated rings. The van der Waals surface area contributed by atoms with E-state index in [2.05, 4.69) is 32.9 Å². The lowest BCUT2D eigenvalue weighted by Crippen LogP contribution is -2.42. The van der Waals surface area contributed by atoms with E-state index in [1.165, 1.54) is 5.56 Å². The topological polar surface area (TPSA) is 49.9 Å². The molecule has 1 heterocycles. The van der Waals surface area contributed by atoms with Gasteiger partial charge in [-0.2, -0.15) is 0 Å². The number of piperidine rings is 1. The summed E-state index contributed by atoms with van der Waals surface area (Å²) in [5.41, 5.74) is 3.10. The SMILES string of the molecule is CN(C)C(=O)C1CCN(C(=O)c2ccc(COc3ccc(C(C)(C)C)cc3)cc2)CC1. The molecule has 3 rings (SSSR count). The summed E-state index contributed by atoms with van der Waals surface area (Å²) >= 11 is 0. The van der Waals surface area contributed by atoms with Crippen molar-refractivity contribution in [1.82, 2.24) is 9.80 Å². The van der Waals surface area contributed by atoms with Crippen LogP contribution in [0.2, 0.25) is 0 Å². The largest absolute Gasteiger partial charge is 0.489 e. The quantitative estimate of drug-likeness (QED) is 0.713. The van der Waals surface area contributed by atoms with Gasteiger partial charge in [0.25, 0.3) is 5.91 Å². The monoisotopic (exact) mass is 422 g/mol. The highest BCUT2D eigenvalue weighted by Crippen LogP contribution is 2.25. The van der Waals surface area contributed by atoms with Gasteiger partial charge >= 0.3 is 0 Å². The second kappa shape index (κ2) is 9.54. The molecule has 1 saturated heterocycles. The maximum atomic E-state index is 12.8. The first-order valence-corrected chi connectivity index (χ1v) is 11.0. The molecule has 0 aliphatic carbocycles. The van der Waals surface area contributed by atoms with Crippen molar-refractivity contribution < 1.29 is 14.3 Å². The van der Waals surface area contributed by atoms with Gasteiger partial charge in [-0.3, -0.25) is 9.59 Å². The molecule has 0 radical (unpaired) electrons. The zero-order valence-corrected chi connectivity index (χ0v) is 19.4. The molecule has 0 atom stereocenters. The summed E-state index contributed by atoms with van der Waals surface area (Å²) < 4.78 is 5.90. The lowest BCUT2D eigenvalue weighted by molar-refractivity contribution is -0.134. The van der Waals surface area contributed by atoms with Crippen molar-refractivity contribution in [3.8, 4) is 5.75 Å². The van der Waals surface area contributed by atoms with E-state index >= 15 is 0 Å². The average Bonchev–Trinajstić information content (AvgIpc) is 2.77. The van der Waals surface area contributed by atoms with Gasteiger partial charge in [0, 0.05) is 38.7 Å². The molecule has 1 aliphatic rings. The second-order valence-corrected chi connectivity index (χ2v) is 9.56. The van der Waals surface area contributed by atoms with E-state index in [9.17, 15) is 9.59 Å². The van der Waals surface area contributed by atoms with E-state index in [0.29, 0.717) is 25.3 Å². The Hall–Kier alpha value is -2.82. The Bertz CT molecular complexity index is 888. The summed E-state index contributed by atoms with van der Waals surface area (Å²) in [4.78, 5) is 28.4. The van der Waals surface area contributed by atoms with Crippen molar-refractivity contribution in [3.05, 3.63) is 65.2 Å². The number of nitrogens with zero attached hydrogens (tertiary/aromatic N) is 2. The Morgan fingerprint density at radius 3 is 2.06 bits per heavy atom. The molecule has 2 aromatic rings. The van der Waals surface area contributed by atoms with E-state index in [4.69, 9.17) is 4.74 Å². The van der Waals surface area contributed by atoms with Crippen LogP contribution in [0.1, 0.15) is 55.1 Å². The van der Waals surface area contributed by atoms with Gasteiger partial charge in [-0.1, -0.05) is 45.0 Å². The van der Waals surface area contributed by atoms with E-state index < -0.39 is 0 Å². The fourth-order valence-corrected chi connectivity index (χ4v) is 3.84. The van der Waals surface area contributed by atoms with Crippen LogP contribution in [0.15, 0.2) is 48.5 Å². The van der Waals surface area contributed by atoms with Crippen molar-refractivity contribution in [3.63, 3.8) is 0 Å². The molecule has 31 heavy (non-hydrogen) atoms. The van der Waals surface area contributed by atoms with Crippen molar-refractivity contribution in [1.29, 1.82) is 0 Å². The number of hydrogen-bond donors (Lipinski definition) is 0. The molecule has 2 aromatic carbocycles. The van der Waals surface area contributed by atoms with Gasteiger partial charge in [-0.05, 0) is 53.6 Å². The molecule has 5 nitrogen and oxygen atoms in total. The minimum Gasteiger partial charge on any atom is -0.489 e. The fourth-order valence-electron chi connectivity index (χ4n) is 3.84. The Labute approximate surface area is 186 Å². The highest BCUT2D eigenvalue weighted by molar-refractivity contribution is 5.94. The Morgan fingerprint density at radius 1 is 0.968 bits per heavy atom. The molecule has 5 heteroatoms. The maximum Gasteiger partial charge on any atom is 0.253 e. The van der Waals surface area contributed by atoms with Crippen LogP contribution < -0.4 is 4.74 Å². The molecule has 0 bridgehead atoms. The third-order valence-corrected chi connectivity index (χ3v) is 5.90. The lowest BCUT2D eigenvalue weighted by atomic mass is 9.87. The van der Waals surface area contributed by atoms with Crippen molar-refractivity contribution in [2.45, 2.75) is 45.6 Å². The normalized spacial score (nSPS) is 14.9. The number of hydrogen-bond acceptors (Lipinski definition) is 3. The van der Waals surface area contributed by atoms with Crippen LogP contribution in [0.25, 0.3) is 0 Å². The highest BCUT2D eigenvalue weighted by Gasteiger charge is 2.28. The van der Waals surface area contributed by atoms with Gasteiger partial charge in [0.05, 0.1) is 0 Å². The molecule has 0 spiro atoms. The predicted octanol–water partition coefficient (Wildman–Crippen LogP) is 4.50. The molecular weight excluding hydrogens is 388 g/mol. The van der Waals surface area contributed by atoms with Crippen molar-refractivity contribution in [2.24, 2.45) is 5.92 Å². The number of likely N-dealkylation sites (tertiary alicyclic amines) is 1. The van der Waals surface area contributed by atoms with Crippen molar-refractivity contribution in [2.75, 3.05) is 27.2 Å². The Morgan fingerprint density at radius 2 is 1.55 bits per heavy atom. The van der Waals surface area contributed by atoms with Gasteiger partial charge in [-0.25, -0.2) is 0 Å². The Balaban J connectivity index is 1.52. The first kappa shape index (κ1) is 22.9. The average molecular weight is 423 g/mol. The molecule has 0 N–H and O–H groups in total. The van der Waals surface area contributed by atoms with Crippen LogP contribution in [0.4, 0.5) is 0 Å². The smallest absolute Gasteiger partial charge is 0.253 e. The summed E-state index contributed by atoms with van der Waals surface area (Å²) in [6, 6.07) is 15.8. The maximum absolute atomic E-state index is 12.8. The van der Waals surface area contributed by atoms with E-state index in [1.807, 2.05) is 41.3 Å². The molecule has 0 unspecified atom stereocenters. The van der Waals surface area contributed by atoms with E-state index in [0.717, 1.165) is 24.2 Å². The minimum absolute atomic E-state index is 0.0241. The molecule has 2 amide bonds. The summed E-state index contributed by atoms with van der Waals surface area (Å²) in [5, 5.41) is 0. The van der Waals surface area contributed by atoms with Gasteiger partial charge in [0.1, 0.15) is 12.4 Å². The van der Waals surface area contributed by atoms with E-state index in [1.54, 1.807) is 19.0 Å². The van der Waals surface area contributed by atoms with Crippen LogP contribution in [0, 0.1) is 5.92 Å². The van der Waals surface area contributed by atoms with Crippen LogP contribution in [-0.2, 0) is 16.8 Å². The summed E-state index contributed by atoms with van der Waals surface area (Å²) in [6.45, 7) is 8.28. The molecule has 1 aliphatic heterocycles. The summed E-state index contributed by atoms with van der Waals surface area (Å²) in [7, 11) is 3.57. The molecule has 0 aromatic heterocycles. The second-order valence-electron chi connectivity index (χ2n) is 9.56. The molecule has 0 saturated carbocycles. The number of carbonyl (C=O) groups is 2. The lowest BCUT2D eigenvalue weighted by Gasteiger charge is -2.32. The van der Waals surface area contributed by atoms with Gasteiger partial charge < -0.3 is 14.5 Å². The third kappa shape index (κ3) is 5.87. The zero-order valence-electron chi connectivity index (χ0n) is 19.4. The number of benzene rings is 2. The van der Waals surface area contributed by atoms with Gasteiger partial charge in [0.2, 0.25) is 5.91 Å². The van der Waals surface area contributed by atoms with Crippen LogP contribution in [0.3, 0.4) is 0 Å². The molecule has 166 valence electrons. The predicted molar refractivity (Wildman–Crippen MR) is 123 cm³/mol. The van der Waals surface area contributed by atoms with Crippen molar-refractivity contribution >= 4 is 11.8 Å². The highest BCUT2D eigenvalue weighted by atomic mass is 16.5. The van der Waals surface area contributed by atoms with E-state index in [-0.39, 0.29) is 23.1 Å². The van der Waals surface area contributed by atoms with Crippen LogP contribution in [-0.4, -0.2) is 48.8 Å². The van der Waals surface area contributed by atoms with Gasteiger partial charge in [0.15, 0.2) is 0 Å². The van der Waals surface area contributed by atoms with Gasteiger partial charge in [-0.15, -0.1) is 0 Å². The summed E-state index contributed by atoms with van der Waals surface area (Å²) in [6.07, 6.45) is 1.45. The fraction of sp³-hybridized carbons (Fsp3) is 0.462. The molecular formula is C26H34N2O3. The standard InChI is InChI=1S/C26H34N2O3/c1-26(2,3)22-10-12-23(13-11-22)31-18-19-6-8-20(9-7-19)25(30)28-16-14-21(15-17-28)24(29)27(4)5/h6-13,21H,14-18H2,1-5H3. The number of amides is 2.